The normalized spacial score (nSPS) is 16.7. The molecule has 0 saturated carbocycles. The van der Waals surface area contributed by atoms with E-state index in [2.05, 4.69) is 20.3 Å². The molecule has 11 heteroatoms. The van der Waals surface area contributed by atoms with E-state index in [0.717, 1.165) is 12.8 Å². The summed E-state index contributed by atoms with van der Waals surface area (Å²) < 4.78 is 26.4. The average Bonchev–Trinajstić information content (AvgIpc) is 3.49. The first-order valence-corrected chi connectivity index (χ1v) is 12.7. The lowest BCUT2D eigenvalue weighted by molar-refractivity contribution is 0.0511. The summed E-state index contributed by atoms with van der Waals surface area (Å²) in [6.45, 7) is 9.90. The van der Waals surface area contributed by atoms with Gasteiger partial charge in [0.25, 0.3) is 0 Å². The third-order valence-corrected chi connectivity index (χ3v) is 5.96. The number of nitrogens with zero attached hydrogens (tertiary/aromatic N) is 5. The molecule has 10 nitrogen and oxygen atoms in total. The number of nitrogens with one attached hydrogen (secondary N) is 1. The molecule has 4 rings (SSSR count). The molecular formula is C27H33FN6O4. The van der Waals surface area contributed by atoms with Crippen LogP contribution in [0.3, 0.4) is 0 Å². The van der Waals surface area contributed by atoms with E-state index in [0.29, 0.717) is 29.3 Å². The molecule has 1 amide bonds. The highest BCUT2D eigenvalue weighted by molar-refractivity contribution is 5.95. The number of carbonyl (C=O) groups excluding carboxylic acids is 2. The van der Waals surface area contributed by atoms with Gasteiger partial charge < -0.3 is 19.7 Å². The van der Waals surface area contributed by atoms with Gasteiger partial charge in [-0.1, -0.05) is 6.08 Å². The molecule has 3 aromatic rings. The highest BCUT2D eigenvalue weighted by Crippen LogP contribution is 2.37. The van der Waals surface area contributed by atoms with Gasteiger partial charge in [0.05, 0.1) is 30.7 Å². The first kappa shape index (κ1) is 27.0. The third kappa shape index (κ3) is 6.27. The van der Waals surface area contributed by atoms with E-state index in [1.807, 2.05) is 13.0 Å². The fourth-order valence-electron chi connectivity index (χ4n) is 4.39. The summed E-state index contributed by atoms with van der Waals surface area (Å²) in [5.41, 5.74) is 1.39. The van der Waals surface area contributed by atoms with E-state index < -0.39 is 23.5 Å². The average molecular weight is 525 g/mol. The highest BCUT2D eigenvalue weighted by Gasteiger charge is 2.30. The SMILES string of the molecule is CCOC(=O)c1cnn2ccc(N3CCCC3c3cc(F)cnc3/C=C\[C@@H](C)NC(=O)OC(C)(C)C)nc12. The van der Waals surface area contributed by atoms with Crippen molar-refractivity contribution in [3.05, 3.63) is 59.4 Å². The van der Waals surface area contributed by atoms with Crippen molar-refractivity contribution >= 4 is 29.6 Å². The number of hydrogen-bond donors (Lipinski definition) is 1. The Balaban J connectivity index is 1.60. The van der Waals surface area contributed by atoms with Crippen molar-refractivity contribution in [2.75, 3.05) is 18.1 Å². The van der Waals surface area contributed by atoms with Crippen LogP contribution in [0.1, 0.15) is 75.1 Å². The Kier molecular flexibility index (Phi) is 7.94. The standard InChI is InChI=1S/C27H33FN6O4/c1-6-37-25(35)20-16-30-34-13-11-23(32-24(20)34)33-12-7-8-22(33)19-14-18(28)15-29-21(19)10-9-17(2)31-26(36)38-27(3,4)5/h9-11,13-17,22H,6-8,12H2,1-5H3,(H,31,36)/b10-9-/t17-,22?/m1/s1. The van der Waals surface area contributed by atoms with Gasteiger partial charge in [0.15, 0.2) is 5.65 Å². The van der Waals surface area contributed by atoms with Crippen molar-refractivity contribution in [1.82, 2.24) is 24.9 Å². The molecule has 1 N–H and O–H groups in total. The molecule has 3 aromatic heterocycles. The number of alkyl carbamates (subject to hydrolysis) is 1. The predicted octanol–water partition coefficient (Wildman–Crippen LogP) is 4.71. The van der Waals surface area contributed by atoms with Crippen LogP contribution in [0.15, 0.2) is 36.8 Å². The monoisotopic (exact) mass is 524 g/mol. The van der Waals surface area contributed by atoms with E-state index in [1.165, 1.54) is 23.0 Å². The maximum absolute atomic E-state index is 14.4. The molecule has 0 radical (unpaired) electrons. The Bertz CT molecular complexity index is 1350. The minimum atomic E-state index is -0.601. The van der Waals surface area contributed by atoms with Crippen molar-refractivity contribution in [3.8, 4) is 0 Å². The first-order chi connectivity index (χ1) is 18.1. The van der Waals surface area contributed by atoms with Crippen LogP contribution in [0, 0.1) is 5.82 Å². The fourth-order valence-corrected chi connectivity index (χ4v) is 4.39. The summed E-state index contributed by atoms with van der Waals surface area (Å²) in [6.07, 6.45) is 9.05. The van der Waals surface area contributed by atoms with Crippen LogP contribution in [0.25, 0.3) is 11.7 Å². The number of ether oxygens (including phenoxy) is 2. The van der Waals surface area contributed by atoms with Crippen LogP contribution in [0.4, 0.5) is 15.0 Å². The molecule has 1 aliphatic heterocycles. The number of aromatic nitrogens is 4. The zero-order valence-corrected chi connectivity index (χ0v) is 22.3. The van der Waals surface area contributed by atoms with E-state index >= 15 is 0 Å². The van der Waals surface area contributed by atoms with Crippen LogP contribution < -0.4 is 10.2 Å². The topological polar surface area (TPSA) is 111 Å². The zero-order valence-electron chi connectivity index (χ0n) is 22.3. The van der Waals surface area contributed by atoms with E-state index in [9.17, 15) is 14.0 Å². The molecule has 1 aliphatic rings. The molecule has 1 unspecified atom stereocenters. The Morgan fingerprint density at radius 3 is 2.84 bits per heavy atom. The Morgan fingerprint density at radius 1 is 1.32 bits per heavy atom. The summed E-state index contributed by atoms with van der Waals surface area (Å²) in [5, 5.41) is 6.96. The van der Waals surface area contributed by atoms with Gasteiger partial charge in [-0.15, -0.1) is 0 Å². The zero-order chi connectivity index (χ0) is 27.4. The van der Waals surface area contributed by atoms with Gasteiger partial charge in [-0.2, -0.15) is 5.10 Å². The molecule has 4 heterocycles. The van der Waals surface area contributed by atoms with Crippen LogP contribution in [0.5, 0.6) is 0 Å². The maximum atomic E-state index is 14.4. The van der Waals surface area contributed by atoms with Gasteiger partial charge in [-0.3, -0.25) is 4.98 Å². The summed E-state index contributed by atoms with van der Waals surface area (Å²) in [7, 11) is 0. The molecule has 0 aliphatic carbocycles. The number of carbonyl (C=O) groups is 2. The van der Waals surface area contributed by atoms with Gasteiger partial charge >= 0.3 is 12.1 Å². The van der Waals surface area contributed by atoms with Crippen molar-refractivity contribution in [2.45, 2.75) is 65.1 Å². The number of esters is 1. The Hall–Kier alpha value is -4.02. The number of hydrogen-bond acceptors (Lipinski definition) is 8. The Morgan fingerprint density at radius 2 is 2.11 bits per heavy atom. The van der Waals surface area contributed by atoms with Crippen LogP contribution in [-0.4, -0.2) is 56.4 Å². The minimum Gasteiger partial charge on any atom is -0.462 e. The third-order valence-electron chi connectivity index (χ3n) is 5.96. The smallest absolute Gasteiger partial charge is 0.408 e. The van der Waals surface area contributed by atoms with E-state index in [4.69, 9.17) is 14.5 Å². The molecule has 0 aromatic carbocycles. The highest BCUT2D eigenvalue weighted by atomic mass is 19.1. The second-order valence-corrected chi connectivity index (χ2v) is 10.1. The van der Waals surface area contributed by atoms with Gasteiger partial charge in [0, 0.05) is 24.3 Å². The number of pyridine rings is 1. The lowest BCUT2D eigenvalue weighted by atomic mass is 10.0. The van der Waals surface area contributed by atoms with Gasteiger partial charge in [-0.05, 0) is 65.7 Å². The quantitative estimate of drug-likeness (QED) is 0.443. The predicted molar refractivity (Wildman–Crippen MR) is 140 cm³/mol. The second-order valence-electron chi connectivity index (χ2n) is 10.1. The van der Waals surface area contributed by atoms with Crippen molar-refractivity contribution in [2.24, 2.45) is 0 Å². The van der Waals surface area contributed by atoms with Crippen LogP contribution in [0.2, 0.25) is 0 Å². The van der Waals surface area contributed by atoms with Crippen LogP contribution in [-0.2, 0) is 9.47 Å². The second kappa shape index (κ2) is 11.2. The summed E-state index contributed by atoms with van der Waals surface area (Å²) in [6, 6.07) is 2.79. The summed E-state index contributed by atoms with van der Waals surface area (Å²) in [5.74, 6) is -0.279. The van der Waals surface area contributed by atoms with Gasteiger partial charge in [-0.25, -0.2) is 23.5 Å². The molecule has 2 atom stereocenters. The molecule has 0 spiro atoms. The first-order valence-electron chi connectivity index (χ1n) is 12.7. The van der Waals surface area contributed by atoms with E-state index in [1.54, 1.807) is 46.0 Å². The van der Waals surface area contributed by atoms with E-state index in [-0.39, 0.29) is 24.3 Å². The van der Waals surface area contributed by atoms with Crippen molar-refractivity contribution in [1.29, 1.82) is 0 Å². The molecule has 0 bridgehead atoms. The largest absolute Gasteiger partial charge is 0.462 e. The lowest BCUT2D eigenvalue weighted by Crippen LogP contribution is -2.36. The number of rotatable bonds is 7. The number of amides is 1. The Labute approximate surface area is 220 Å². The molecule has 202 valence electrons. The molecular weight excluding hydrogens is 491 g/mol. The molecule has 1 fully saturated rings. The molecule has 38 heavy (non-hydrogen) atoms. The minimum absolute atomic E-state index is 0.184. The van der Waals surface area contributed by atoms with Crippen molar-refractivity contribution in [3.63, 3.8) is 0 Å². The van der Waals surface area contributed by atoms with Gasteiger partial charge in [0.1, 0.15) is 22.8 Å². The van der Waals surface area contributed by atoms with Gasteiger partial charge in [0.2, 0.25) is 0 Å². The lowest BCUT2D eigenvalue weighted by Gasteiger charge is -2.27. The number of fused-ring (bicyclic) bond motifs is 1. The summed E-state index contributed by atoms with van der Waals surface area (Å²) >= 11 is 0. The number of anilines is 1. The van der Waals surface area contributed by atoms with Crippen molar-refractivity contribution < 1.29 is 23.5 Å². The number of halogens is 1. The maximum Gasteiger partial charge on any atom is 0.408 e. The summed E-state index contributed by atoms with van der Waals surface area (Å²) in [4.78, 5) is 35.6. The fraction of sp³-hybridized carbons (Fsp3) is 0.444. The van der Waals surface area contributed by atoms with Crippen LogP contribution >= 0.6 is 0 Å². The molecule has 1 saturated heterocycles.